The van der Waals surface area contributed by atoms with Gasteiger partial charge in [0.15, 0.2) is 17.5 Å². The van der Waals surface area contributed by atoms with Crippen molar-refractivity contribution in [3.05, 3.63) is 170 Å². The van der Waals surface area contributed by atoms with Crippen LogP contribution in [0.3, 0.4) is 0 Å². The molecule has 0 saturated carbocycles. The average molecular weight is 625 g/mol. The molecule has 0 aliphatic heterocycles. The minimum atomic E-state index is 0.648. The predicted molar refractivity (Wildman–Crippen MR) is 203 cm³/mol. The van der Waals surface area contributed by atoms with Crippen molar-refractivity contribution in [2.75, 3.05) is 0 Å². The monoisotopic (exact) mass is 624 g/mol. The molecule has 0 aliphatic carbocycles. The lowest BCUT2D eigenvalue weighted by Gasteiger charge is -2.14. The summed E-state index contributed by atoms with van der Waals surface area (Å²) in [5.74, 6) is 1.95. The summed E-state index contributed by atoms with van der Waals surface area (Å²) in [6, 6.07) is 59.8. The third kappa shape index (κ3) is 4.35. The first-order chi connectivity index (χ1) is 24.3. The van der Waals surface area contributed by atoms with E-state index in [0.29, 0.717) is 17.5 Å². The van der Waals surface area contributed by atoms with Crippen molar-refractivity contribution < 1.29 is 0 Å². The van der Waals surface area contributed by atoms with Gasteiger partial charge in [0, 0.05) is 32.8 Å². The van der Waals surface area contributed by atoms with E-state index in [4.69, 9.17) is 15.0 Å². The molecule has 4 heteroatoms. The number of hydrogen-bond acceptors (Lipinski definition) is 3. The number of rotatable bonds is 4. The maximum atomic E-state index is 5.08. The van der Waals surface area contributed by atoms with Crippen molar-refractivity contribution in [3.63, 3.8) is 0 Å². The number of aromatic nitrogens is 4. The van der Waals surface area contributed by atoms with E-state index >= 15 is 0 Å². The fourth-order valence-corrected chi connectivity index (χ4v) is 7.42. The van der Waals surface area contributed by atoms with E-state index in [2.05, 4.69) is 114 Å². The normalized spacial score (nSPS) is 11.7. The Bertz CT molecular complexity index is 2720. The van der Waals surface area contributed by atoms with Crippen LogP contribution in [0.15, 0.2) is 170 Å². The molecule has 0 atom stereocenters. The molecule has 49 heavy (non-hydrogen) atoms. The summed E-state index contributed by atoms with van der Waals surface area (Å²) in [4.78, 5) is 15.1. The number of nitrogens with zero attached hydrogens (tertiary/aromatic N) is 4. The Hall–Kier alpha value is -6.65. The topological polar surface area (TPSA) is 43.6 Å². The Kier molecular flexibility index (Phi) is 6.15. The summed E-state index contributed by atoms with van der Waals surface area (Å²) in [5, 5.41) is 9.75. The van der Waals surface area contributed by atoms with Gasteiger partial charge in [-0.15, -0.1) is 0 Å². The highest BCUT2D eigenvalue weighted by atomic mass is 15.0. The van der Waals surface area contributed by atoms with Gasteiger partial charge in [-0.25, -0.2) is 15.0 Å². The fourth-order valence-electron chi connectivity index (χ4n) is 7.42. The van der Waals surface area contributed by atoms with Crippen LogP contribution in [0.4, 0.5) is 0 Å². The van der Waals surface area contributed by atoms with E-state index in [1.807, 2.05) is 60.7 Å². The van der Waals surface area contributed by atoms with Crippen molar-refractivity contribution in [3.8, 4) is 39.9 Å². The van der Waals surface area contributed by atoms with Crippen LogP contribution < -0.4 is 0 Å². The van der Waals surface area contributed by atoms with E-state index in [1.165, 1.54) is 43.4 Å². The Morgan fingerprint density at radius 1 is 0.327 bits per heavy atom. The summed E-state index contributed by atoms with van der Waals surface area (Å²) in [6.45, 7) is 0. The first-order valence-corrected chi connectivity index (χ1v) is 16.5. The SMILES string of the molecule is c1ccc(-c2nc(-c3ccccc3)nc(-c3cccc4c(-n5c6ccc7ccccc7c6c6c7ccccc7ccc65)cccc34)n2)cc1. The van der Waals surface area contributed by atoms with Crippen molar-refractivity contribution in [2.24, 2.45) is 0 Å². The van der Waals surface area contributed by atoms with Gasteiger partial charge in [0.2, 0.25) is 0 Å². The highest BCUT2D eigenvalue weighted by molar-refractivity contribution is 6.28. The molecule has 2 heterocycles. The van der Waals surface area contributed by atoms with Crippen molar-refractivity contribution >= 4 is 54.1 Å². The van der Waals surface area contributed by atoms with Crippen molar-refractivity contribution in [1.29, 1.82) is 0 Å². The van der Waals surface area contributed by atoms with E-state index in [9.17, 15) is 0 Å². The lowest BCUT2D eigenvalue weighted by atomic mass is 10.00. The molecule has 0 fully saturated rings. The maximum absolute atomic E-state index is 5.08. The van der Waals surface area contributed by atoms with Crippen LogP contribution in [0.5, 0.6) is 0 Å². The molecule has 228 valence electrons. The molecule has 8 aromatic carbocycles. The van der Waals surface area contributed by atoms with Crippen LogP contribution in [0.25, 0.3) is 94.0 Å². The lowest BCUT2D eigenvalue weighted by Crippen LogP contribution is -2.01. The molecule has 0 unspecified atom stereocenters. The lowest BCUT2D eigenvalue weighted by molar-refractivity contribution is 1.08. The zero-order chi connectivity index (χ0) is 32.3. The van der Waals surface area contributed by atoms with Crippen molar-refractivity contribution in [2.45, 2.75) is 0 Å². The van der Waals surface area contributed by atoms with Crippen LogP contribution in [-0.2, 0) is 0 Å². The maximum Gasteiger partial charge on any atom is 0.164 e. The number of hydrogen-bond donors (Lipinski definition) is 0. The van der Waals surface area contributed by atoms with Gasteiger partial charge in [-0.05, 0) is 45.1 Å². The molecule has 10 aromatic rings. The molecule has 0 saturated heterocycles. The van der Waals surface area contributed by atoms with Gasteiger partial charge in [-0.3, -0.25) is 0 Å². The molecule has 0 spiro atoms. The summed E-state index contributed by atoms with van der Waals surface area (Å²) >= 11 is 0. The number of benzene rings is 8. The first kappa shape index (κ1) is 27.5. The minimum Gasteiger partial charge on any atom is -0.309 e. The van der Waals surface area contributed by atoms with Gasteiger partial charge >= 0.3 is 0 Å². The van der Waals surface area contributed by atoms with E-state index in [0.717, 1.165) is 33.2 Å². The molecule has 0 bridgehead atoms. The second kappa shape index (κ2) is 11.0. The van der Waals surface area contributed by atoms with Crippen LogP contribution in [-0.4, -0.2) is 19.5 Å². The first-order valence-electron chi connectivity index (χ1n) is 16.5. The van der Waals surface area contributed by atoms with Crippen LogP contribution >= 0.6 is 0 Å². The standard InChI is InChI=1S/C45H28N4/c1-3-15-31(16-4-1)43-46-44(32-17-5-2-6-18-32)48-45(47-43)37-23-11-22-36-35(37)21-12-24-38(36)49-39-27-25-29-13-7-9-19-33(29)41(39)42-34-20-10-8-14-30(34)26-28-40(42)49/h1-28H. The summed E-state index contributed by atoms with van der Waals surface area (Å²) in [6.07, 6.45) is 0. The molecule has 0 aliphatic rings. The summed E-state index contributed by atoms with van der Waals surface area (Å²) < 4.78 is 2.44. The molecule has 4 nitrogen and oxygen atoms in total. The van der Waals surface area contributed by atoms with Gasteiger partial charge in [-0.2, -0.15) is 0 Å². The van der Waals surface area contributed by atoms with E-state index in [1.54, 1.807) is 0 Å². The summed E-state index contributed by atoms with van der Waals surface area (Å²) in [7, 11) is 0. The van der Waals surface area contributed by atoms with Gasteiger partial charge in [0.1, 0.15) is 0 Å². The minimum absolute atomic E-state index is 0.648. The van der Waals surface area contributed by atoms with Crippen LogP contribution in [0, 0.1) is 0 Å². The quantitative estimate of drug-likeness (QED) is 0.196. The zero-order valence-electron chi connectivity index (χ0n) is 26.5. The zero-order valence-corrected chi connectivity index (χ0v) is 26.5. The molecule has 10 rings (SSSR count). The van der Waals surface area contributed by atoms with Crippen molar-refractivity contribution in [1.82, 2.24) is 19.5 Å². The van der Waals surface area contributed by atoms with E-state index in [-0.39, 0.29) is 0 Å². The Balaban J connectivity index is 1.27. The molecule has 0 amide bonds. The smallest absolute Gasteiger partial charge is 0.164 e. The summed E-state index contributed by atoms with van der Waals surface area (Å²) in [5.41, 5.74) is 6.35. The van der Waals surface area contributed by atoms with Crippen LogP contribution in [0.2, 0.25) is 0 Å². The fraction of sp³-hybridized carbons (Fsp3) is 0. The largest absolute Gasteiger partial charge is 0.309 e. The Morgan fingerprint density at radius 3 is 1.39 bits per heavy atom. The number of fused-ring (bicyclic) bond motifs is 8. The Morgan fingerprint density at radius 2 is 0.796 bits per heavy atom. The van der Waals surface area contributed by atoms with Gasteiger partial charge < -0.3 is 4.57 Å². The van der Waals surface area contributed by atoms with Gasteiger partial charge in [0.25, 0.3) is 0 Å². The molecular formula is C45H28N4. The second-order valence-electron chi connectivity index (χ2n) is 12.4. The second-order valence-corrected chi connectivity index (χ2v) is 12.4. The Labute approximate surface area is 282 Å². The average Bonchev–Trinajstić information content (AvgIpc) is 3.53. The van der Waals surface area contributed by atoms with Gasteiger partial charge in [-0.1, -0.05) is 152 Å². The molecule has 0 N–H and O–H groups in total. The molecule has 2 aromatic heterocycles. The highest BCUT2D eigenvalue weighted by Crippen LogP contribution is 2.42. The van der Waals surface area contributed by atoms with Gasteiger partial charge in [0.05, 0.1) is 16.7 Å². The predicted octanol–water partition coefficient (Wildman–Crippen LogP) is 11.4. The third-order valence-electron chi connectivity index (χ3n) is 9.63. The molecular weight excluding hydrogens is 597 g/mol. The molecule has 0 radical (unpaired) electrons. The van der Waals surface area contributed by atoms with E-state index < -0.39 is 0 Å². The highest BCUT2D eigenvalue weighted by Gasteiger charge is 2.20. The third-order valence-corrected chi connectivity index (χ3v) is 9.63. The van der Waals surface area contributed by atoms with Crippen LogP contribution in [0.1, 0.15) is 0 Å².